The molecule has 0 heterocycles. The van der Waals surface area contributed by atoms with Crippen LogP contribution in [-0.2, 0) is 0 Å². The molecule has 1 aliphatic carbocycles. The van der Waals surface area contributed by atoms with Crippen molar-refractivity contribution < 1.29 is 0 Å². The Labute approximate surface area is 84.9 Å². The smallest absolute Gasteiger partial charge is 0.0557 e. The Hall–Kier alpha value is -0.490. The molecule has 1 fully saturated rings. The number of alkyl halides is 1. The summed E-state index contributed by atoms with van der Waals surface area (Å²) in [5, 5.41) is 0.135. The zero-order chi connectivity index (χ0) is 9.26. The summed E-state index contributed by atoms with van der Waals surface area (Å²) < 4.78 is 0. The predicted molar refractivity (Wildman–Crippen MR) is 57.3 cm³/mol. The van der Waals surface area contributed by atoms with E-state index in [2.05, 4.69) is 24.3 Å². The molecule has 0 aliphatic heterocycles. The number of halogens is 1. The van der Waals surface area contributed by atoms with Gasteiger partial charge in [0.2, 0.25) is 0 Å². The van der Waals surface area contributed by atoms with Crippen LogP contribution in [0.15, 0.2) is 24.3 Å². The normalized spacial score (nSPS) is 19.5. The molecule has 2 rings (SSSR count). The second kappa shape index (κ2) is 3.71. The first-order chi connectivity index (χ1) is 6.27. The molecule has 0 spiro atoms. The first-order valence-corrected chi connectivity index (χ1v) is 5.45. The van der Waals surface area contributed by atoms with Crippen molar-refractivity contribution in [1.29, 1.82) is 0 Å². The van der Waals surface area contributed by atoms with Crippen molar-refractivity contribution in [2.24, 2.45) is 0 Å². The van der Waals surface area contributed by atoms with Crippen molar-refractivity contribution in [3.05, 3.63) is 35.4 Å². The van der Waals surface area contributed by atoms with Crippen molar-refractivity contribution in [2.75, 3.05) is 0 Å². The van der Waals surface area contributed by atoms with E-state index in [9.17, 15) is 0 Å². The van der Waals surface area contributed by atoms with Crippen LogP contribution >= 0.6 is 11.6 Å². The fourth-order valence-electron chi connectivity index (χ4n) is 1.77. The Bertz CT molecular complexity index is 270. The summed E-state index contributed by atoms with van der Waals surface area (Å²) in [6.45, 7) is 2.01. The third-order valence-electron chi connectivity index (χ3n) is 2.97. The average Bonchev–Trinajstić information content (AvgIpc) is 2.02. The van der Waals surface area contributed by atoms with Gasteiger partial charge in [0.25, 0.3) is 0 Å². The summed E-state index contributed by atoms with van der Waals surface area (Å²) in [7, 11) is 0. The Morgan fingerprint density at radius 1 is 1.23 bits per heavy atom. The fourth-order valence-corrected chi connectivity index (χ4v) is 1.92. The molecule has 1 heteroatoms. The molecule has 1 aromatic rings. The minimum atomic E-state index is 0.135. The molecule has 1 aliphatic rings. The number of hydrogen-bond donors (Lipinski definition) is 0. The standard InChI is InChI=1S/C12H15Cl/c1-9(13)10-5-7-12(8-6-10)11-3-2-4-11/h5-9,11H,2-4H2,1H3. The summed E-state index contributed by atoms with van der Waals surface area (Å²) in [5.74, 6) is 0.833. The van der Waals surface area contributed by atoms with E-state index in [1.165, 1.54) is 30.4 Å². The molecule has 70 valence electrons. The monoisotopic (exact) mass is 194 g/mol. The van der Waals surface area contributed by atoms with Crippen LogP contribution in [0.25, 0.3) is 0 Å². The van der Waals surface area contributed by atoms with E-state index in [4.69, 9.17) is 11.6 Å². The molecular weight excluding hydrogens is 180 g/mol. The van der Waals surface area contributed by atoms with Gasteiger partial charge in [-0.1, -0.05) is 30.7 Å². The number of rotatable bonds is 2. The van der Waals surface area contributed by atoms with E-state index in [1.54, 1.807) is 0 Å². The topological polar surface area (TPSA) is 0 Å². The quantitative estimate of drug-likeness (QED) is 0.618. The maximum atomic E-state index is 5.98. The van der Waals surface area contributed by atoms with Gasteiger partial charge in [-0.2, -0.15) is 0 Å². The summed E-state index contributed by atoms with van der Waals surface area (Å²) in [4.78, 5) is 0. The van der Waals surface area contributed by atoms with Crippen LogP contribution in [0.2, 0.25) is 0 Å². The SMILES string of the molecule is CC(Cl)c1ccc(C2CCC2)cc1. The Morgan fingerprint density at radius 2 is 1.85 bits per heavy atom. The lowest BCUT2D eigenvalue weighted by molar-refractivity contribution is 0.419. The van der Waals surface area contributed by atoms with Gasteiger partial charge in [-0.25, -0.2) is 0 Å². The summed E-state index contributed by atoms with van der Waals surface area (Å²) in [5.41, 5.74) is 2.72. The fraction of sp³-hybridized carbons (Fsp3) is 0.500. The summed E-state index contributed by atoms with van der Waals surface area (Å²) in [6, 6.07) is 8.78. The first-order valence-electron chi connectivity index (χ1n) is 5.01. The molecule has 0 N–H and O–H groups in total. The maximum Gasteiger partial charge on any atom is 0.0557 e. The van der Waals surface area contributed by atoms with Gasteiger partial charge in [-0.15, -0.1) is 11.6 Å². The molecule has 1 unspecified atom stereocenters. The maximum absolute atomic E-state index is 5.98. The third-order valence-corrected chi connectivity index (χ3v) is 3.22. The highest BCUT2D eigenvalue weighted by atomic mass is 35.5. The average molecular weight is 195 g/mol. The lowest BCUT2D eigenvalue weighted by Crippen LogP contribution is -2.08. The molecule has 0 aromatic heterocycles. The van der Waals surface area contributed by atoms with Crippen LogP contribution in [0, 0.1) is 0 Å². The molecule has 13 heavy (non-hydrogen) atoms. The lowest BCUT2D eigenvalue weighted by Gasteiger charge is -2.25. The minimum absolute atomic E-state index is 0.135. The van der Waals surface area contributed by atoms with E-state index < -0.39 is 0 Å². The van der Waals surface area contributed by atoms with Crippen molar-refractivity contribution in [2.45, 2.75) is 37.5 Å². The summed E-state index contributed by atoms with van der Waals surface area (Å²) >= 11 is 5.98. The van der Waals surface area contributed by atoms with Gasteiger partial charge in [0.15, 0.2) is 0 Å². The highest BCUT2D eigenvalue weighted by Gasteiger charge is 2.18. The second-order valence-electron chi connectivity index (χ2n) is 3.91. The Morgan fingerprint density at radius 3 is 2.23 bits per heavy atom. The van der Waals surface area contributed by atoms with Crippen molar-refractivity contribution in [3.63, 3.8) is 0 Å². The van der Waals surface area contributed by atoms with E-state index in [0.717, 1.165) is 5.92 Å². The van der Waals surface area contributed by atoms with E-state index in [0.29, 0.717) is 0 Å². The van der Waals surface area contributed by atoms with Gasteiger partial charge in [0.05, 0.1) is 5.38 Å². The third kappa shape index (κ3) is 1.88. The minimum Gasteiger partial charge on any atom is -0.118 e. The Balaban J connectivity index is 2.13. The highest BCUT2D eigenvalue weighted by Crippen LogP contribution is 2.36. The predicted octanol–water partition coefficient (Wildman–Crippen LogP) is 4.25. The second-order valence-corrected chi connectivity index (χ2v) is 4.57. The molecule has 0 saturated heterocycles. The zero-order valence-corrected chi connectivity index (χ0v) is 8.72. The largest absolute Gasteiger partial charge is 0.118 e. The van der Waals surface area contributed by atoms with E-state index in [-0.39, 0.29) is 5.38 Å². The Kier molecular flexibility index (Phi) is 2.59. The lowest BCUT2D eigenvalue weighted by atomic mass is 9.80. The zero-order valence-electron chi connectivity index (χ0n) is 7.96. The summed E-state index contributed by atoms with van der Waals surface area (Å²) in [6.07, 6.45) is 4.14. The highest BCUT2D eigenvalue weighted by molar-refractivity contribution is 6.20. The van der Waals surface area contributed by atoms with Crippen LogP contribution in [0.5, 0.6) is 0 Å². The molecule has 0 radical (unpaired) electrons. The van der Waals surface area contributed by atoms with Crippen LogP contribution in [-0.4, -0.2) is 0 Å². The van der Waals surface area contributed by atoms with Gasteiger partial charge in [-0.05, 0) is 36.8 Å². The molecule has 1 atom stereocenters. The van der Waals surface area contributed by atoms with Gasteiger partial charge in [0, 0.05) is 0 Å². The molecule has 1 saturated carbocycles. The van der Waals surface area contributed by atoms with Crippen LogP contribution < -0.4 is 0 Å². The van der Waals surface area contributed by atoms with Crippen molar-refractivity contribution >= 4 is 11.6 Å². The number of hydrogen-bond acceptors (Lipinski definition) is 0. The molecule has 0 nitrogen and oxygen atoms in total. The molecule has 1 aromatic carbocycles. The molecule has 0 bridgehead atoms. The van der Waals surface area contributed by atoms with Crippen LogP contribution in [0.3, 0.4) is 0 Å². The molecular formula is C12H15Cl. The molecule has 0 amide bonds. The van der Waals surface area contributed by atoms with Crippen molar-refractivity contribution in [1.82, 2.24) is 0 Å². The van der Waals surface area contributed by atoms with Gasteiger partial charge in [0.1, 0.15) is 0 Å². The van der Waals surface area contributed by atoms with Gasteiger partial charge in [-0.3, -0.25) is 0 Å². The van der Waals surface area contributed by atoms with Crippen LogP contribution in [0.1, 0.15) is 48.6 Å². The van der Waals surface area contributed by atoms with Gasteiger partial charge < -0.3 is 0 Å². The van der Waals surface area contributed by atoms with Crippen molar-refractivity contribution in [3.8, 4) is 0 Å². The van der Waals surface area contributed by atoms with Crippen LogP contribution in [0.4, 0.5) is 0 Å². The van der Waals surface area contributed by atoms with E-state index >= 15 is 0 Å². The van der Waals surface area contributed by atoms with Gasteiger partial charge >= 0.3 is 0 Å². The first kappa shape index (κ1) is 9.08. The number of benzene rings is 1. The van der Waals surface area contributed by atoms with E-state index in [1.807, 2.05) is 6.92 Å².